The fourth-order valence-corrected chi connectivity index (χ4v) is 4.08. The number of nitrogens with zero attached hydrogens (tertiary/aromatic N) is 3. The van der Waals surface area contributed by atoms with E-state index in [2.05, 4.69) is 19.2 Å². The van der Waals surface area contributed by atoms with Gasteiger partial charge in [-0.3, -0.25) is 15.0 Å². The molecule has 0 bridgehead atoms. The largest absolute Gasteiger partial charge is 0.744 e. The second-order valence-electron chi connectivity index (χ2n) is 6.08. The molecule has 1 saturated heterocycles. The van der Waals surface area contributed by atoms with Crippen molar-refractivity contribution in [2.24, 2.45) is 22.2 Å². The van der Waals surface area contributed by atoms with Crippen LogP contribution in [0.1, 0.15) is 0 Å². The lowest BCUT2D eigenvalue weighted by molar-refractivity contribution is -0.529. The molecule has 27 heavy (non-hydrogen) atoms. The van der Waals surface area contributed by atoms with E-state index in [9.17, 15) is 28.6 Å². The average Bonchev–Trinajstić information content (AvgIpc) is 2.96. The van der Waals surface area contributed by atoms with Crippen molar-refractivity contribution in [3.05, 3.63) is 5.21 Å². The maximum atomic E-state index is 12.5. The highest BCUT2D eigenvalue weighted by molar-refractivity contribution is 7.80. The molecule has 17 heteroatoms. The molecule has 3 aliphatic heterocycles. The highest BCUT2D eigenvalue weighted by Gasteiger charge is 2.78. The number of amides is 1. The molecule has 4 atom stereocenters. The molecule has 152 valence electrons. The fraction of sp³-hybridized carbons (Fsp3) is 0.700. The van der Waals surface area contributed by atoms with E-state index in [0.717, 1.165) is 4.90 Å². The number of nitrogens with one attached hydrogen (secondary N) is 1. The molecule has 3 rings (SSSR count). The van der Waals surface area contributed by atoms with E-state index in [1.165, 1.54) is 0 Å². The van der Waals surface area contributed by atoms with Crippen LogP contribution in [0.5, 0.6) is 0 Å². The molecule has 0 aromatic carbocycles. The van der Waals surface area contributed by atoms with E-state index < -0.39 is 65.2 Å². The number of nitrogens with two attached hydrogens (primary N) is 3. The predicted molar refractivity (Wildman–Crippen MR) is 83.7 cm³/mol. The monoisotopic (exact) mass is 411 g/mol. The van der Waals surface area contributed by atoms with E-state index in [-0.39, 0.29) is 10.7 Å². The number of aliphatic hydroxyl groups is 2. The molecular weight excluding hydrogens is 394 g/mol. The lowest BCUT2D eigenvalue weighted by Crippen LogP contribution is -2.79. The van der Waals surface area contributed by atoms with E-state index in [1.807, 2.05) is 0 Å². The SMILES string of the molecule is NC(=O)OC[C@H]1C2N=C(N)NC23N(C[C@@H](OS(=O)(=O)O)C3(O)O)C(N)=[N+]1[O-]. The molecule has 3 aliphatic rings. The van der Waals surface area contributed by atoms with Crippen molar-refractivity contribution in [3.63, 3.8) is 0 Å². The normalized spacial score (nSPS) is 34.6. The molecule has 1 fully saturated rings. The van der Waals surface area contributed by atoms with Gasteiger partial charge in [0.1, 0.15) is 19.2 Å². The van der Waals surface area contributed by atoms with Gasteiger partial charge in [0.25, 0.3) is 5.79 Å². The highest BCUT2D eigenvalue weighted by atomic mass is 32.3. The van der Waals surface area contributed by atoms with E-state index in [1.54, 1.807) is 0 Å². The third-order valence-electron chi connectivity index (χ3n) is 4.61. The van der Waals surface area contributed by atoms with Crippen molar-refractivity contribution in [2.45, 2.75) is 29.6 Å². The summed E-state index contributed by atoms with van der Waals surface area (Å²) in [5.41, 5.74) is 14.1. The first-order valence-electron chi connectivity index (χ1n) is 7.32. The summed E-state index contributed by atoms with van der Waals surface area (Å²) in [6.07, 6.45) is -3.19. The Morgan fingerprint density at radius 2 is 2.11 bits per heavy atom. The fourth-order valence-electron chi connectivity index (χ4n) is 3.59. The van der Waals surface area contributed by atoms with Crippen LogP contribution in [0.4, 0.5) is 4.79 Å². The Hall–Kier alpha value is -2.60. The summed E-state index contributed by atoms with van der Waals surface area (Å²) in [5.74, 6) is -4.01. The smallest absolute Gasteiger partial charge is 0.404 e. The number of guanidine groups is 2. The molecule has 16 nitrogen and oxygen atoms in total. The van der Waals surface area contributed by atoms with Crippen LogP contribution in [0.15, 0.2) is 4.99 Å². The third kappa shape index (κ3) is 2.67. The molecule has 0 radical (unpaired) electrons. The van der Waals surface area contributed by atoms with Crippen LogP contribution in [-0.4, -0.2) is 93.6 Å². The van der Waals surface area contributed by atoms with Crippen molar-refractivity contribution < 1.29 is 41.6 Å². The molecule has 0 aliphatic carbocycles. The van der Waals surface area contributed by atoms with Gasteiger partial charge in [0.15, 0.2) is 18.1 Å². The summed E-state index contributed by atoms with van der Waals surface area (Å²) < 4.78 is 40.1. The summed E-state index contributed by atoms with van der Waals surface area (Å²) in [4.78, 5) is 15.7. The lowest BCUT2D eigenvalue weighted by atomic mass is 9.86. The number of ether oxygens (including phenoxy) is 1. The van der Waals surface area contributed by atoms with Crippen LogP contribution < -0.4 is 22.5 Å². The standard InChI is InChI=1S/C10H17N7O9S/c11-6-14-5-3(2-25-8(13)18)17(21)7(12)16-1-4(26-27(22,23)24)10(19,20)9(5,16)15-6/h3-5,19-20H,1-2,12H2,(H2,13,18)(H3,11,14,15)(H,22,23,24)/t3-,4+,5?,9?/m0/s1. The van der Waals surface area contributed by atoms with Gasteiger partial charge in [-0.1, -0.05) is 0 Å². The van der Waals surface area contributed by atoms with Gasteiger partial charge < -0.3 is 36.9 Å². The van der Waals surface area contributed by atoms with Crippen molar-refractivity contribution in [1.82, 2.24) is 10.2 Å². The van der Waals surface area contributed by atoms with Gasteiger partial charge in [-0.2, -0.15) is 8.42 Å². The van der Waals surface area contributed by atoms with Crippen LogP contribution >= 0.6 is 0 Å². The number of hydrogen-bond donors (Lipinski definition) is 7. The van der Waals surface area contributed by atoms with Crippen LogP contribution in [0.3, 0.4) is 0 Å². The molecule has 10 N–H and O–H groups in total. The maximum Gasteiger partial charge on any atom is 0.404 e. The summed E-state index contributed by atoms with van der Waals surface area (Å²) in [6, 6.07) is -2.81. The predicted octanol–water partition coefficient (Wildman–Crippen LogP) is -5.54. The number of hydrogen-bond acceptors (Lipinski definition) is 13. The Balaban J connectivity index is 2.10. The van der Waals surface area contributed by atoms with Crippen molar-refractivity contribution in [1.29, 1.82) is 0 Å². The zero-order chi connectivity index (χ0) is 20.4. The second kappa shape index (κ2) is 5.70. The zero-order valence-electron chi connectivity index (χ0n) is 13.4. The quantitative estimate of drug-likeness (QED) is 0.0985. The van der Waals surface area contributed by atoms with E-state index >= 15 is 0 Å². The van der Waals surface area contributed by atoms with Gasteiger partial charge in [0.05, 0.1) is 0 Å². The maximum absolute atomic E-state index is 12.5. The Morgan fingerprint density at radius 1 is 1.48 bits per heavy atom. The second-order valence-corrected chi connectivity index (χ2v) is 7.13. The number of carbonyl (C=O) groups excluding carboxylic acids is 1. The minimum atomic E-state index is -5.10. The Labute approximate surface area is 151 Å². The molecule has 3 heterocycles. The Kier molecular flexibility index (Phi) is 4.04. The highest BCUT2D eigenvalue weighted by Crippen LogP contribution is 2.45. The molecule has 2 unspecified atom stereocenters. The first-order valence-corrected chi connectivity index (χ1v) is 8.68. The summed E-state index contributed by atoms with van der Waals surface area (Å²) in [7, 11) is -5.10. The molecule has 0 aromatic heterocycles. The first kappa shape index (κ1) is 19.2. The van der Waals surface area contributed by atoms with Gasteiger partial charge in [-0.15, -0.1) is 0 Å². The number of hydroxylamine groups is 1. The van der Waals surface area contributed by atoms with E-state index in [0.29, 0.717) is 0 Å². The number of carbonyl (C=O) groups is 1. The lowest BCUT2D eigenvalue weighted by Gasteiger charge is -2.47. The summed E-state index contributed by atoms with van der Waals surface area (Å²) >= 11 is 0. The topological polar surface area (TPSA) is 262 Å². The zero-order valence-corrected chi connectivity index (χ0v) is 14.2. The van der Waals surface area contributed by atoms with Gasteiger partial charge >= 0.3 is 22.5 Å². The third-order valence-corrected chi connectivity index (χ3v) is 5.09. The van der Waals surface area contributed by atoms with Crippen LogP contribution in [0, 0.1) is 5.21 Å². The Bertz CT molecular complexity index is 842. The summed E-state index contributed by atoms with van der Waals surface area (Å²) in [5, 5.41) is 36.3. The number of aliphatic imine (C=N–C) groups is 1. The van der Waals surface area contributed by atoms with Crippen molar-refractivity contribution >= 4 is 28.4 Å². The van der Waals surface area contributed by atoms with Crippen molar-refractivity contribution in [2.75, 3.05) is 13.2 Å². The molecular formula is C10H17N7O9S. The number of primary amides is 1. The van der Waals surface area contributed by atoms with Gasteiger partial charge in [0.2, 0.25) is 5.66 Å². The molecule has 1 spiro atoms. The van der Waals surface area contributed by atoms with E-state index in [4.69, 9.17) is 21.8 Å². The van der Waals surface area contributed by atoms with Crippen LogP contribution in [0.2, 0.25) is 0 Å². The minimum Gasteiger partial charge on any atom is -0.744 e. The molecule has 1 amide bonds. The molecule has 0 saturated carbocycles. The average molecular weight is 411 g/mol. The first-order chi connectivity index (χ1) is 12.3. The van der Waals surface area contributed by atoms with Crippen LogP contribution in [0.25, 0.3) is 0 Å². The Morgan fingerprint density at radius 3 is 2.67 bits per heavy atom. The van der Waals surface area contributed by atoms with Crippen molar-refractivity contribution in [3.8, 4) is 0 Å². The number of rotatable bonds is 4. The van der Waals surface area contributed by atoms with Gasteiger partial charge in [0, 0.05) is 0 Å². The van der Waals surface area contributed by atoms with Gasteiger partial charge in [-0.25, -0.2) is 18.9 Å². The van der Waals surface area contributed by atoms with Crippen LogP contribution in [-0.2, 0) is 19.3 Å². The summed E-state index contributed by atoms with van der Waals surface area (Å²) in [6.45, 7) is -1.29. The molecule has 0 aromatic rings. The minimum absolute atomic E-state index is 0.182. The van der Waals surface area contributed by atoms with Gasteiger partial charge in [-0.05, 0) is 0 Å².